The number of aldehydes is 1. The molecule has 0 aliphatic heterocycles. The average molecular weight is 224 g/mol. The van der Waals surface area contributed by atoms with Gasteiger partial charge in [0.2, 0.25) is 0 Å². The predicted octanol–water partition coefficient (Wildman–Crippen LogP) is 3.83. The lowest BCUT2D eigenvalue weighted by Crippen LogP contribution is -1.96. The third-order valence-electron chi connectivity index (χ3n) is 2.46. The van der Waals surface area contributed by atoms with Crippen molar-refractivity contribution in [2.45, 2.75) is 45.4 Å². The standard InChI is InChI=1S/C13H20O3/c1-2-3-4-5-6-7-10-15-13-9-8-12(11-14)16-13/h8-9,11H,2-7,10H2,1H3. The van der Waals surface area contributed by atoms with Gasteiger partial charge in [-0.25, -0.2) is 0 Å². The molecule has 3 nitrogen and oxygen atoms in total. The van der Waals surface area contributed by atoms with E-state index in [0.717, 1.165) is 6.42 Å². The number of carbonyl (C=O) groups is 1. The van der Waals surface area contributed by atoms with Gasteiger partial charge >= 0.3 is 0 Å². The van der Waals surface area contributed by atoms with Crippen molar-refractivity contribution in [2.24, 2.45) is 0 Å². The second kappa shape index (κ2) is 7.97. The van der Waals surface area contributed by atoms with Gasteiger partial charge in [0.15, 0.2) is 12.0 Å². The Labute approximate surface area is 96.8 Å². The Balaban J connectivity index is 2.00. The van der Waals surface area contributed by atoms with Crippen molar-refractivity contribution < 1.29 is 13.9 Å². The van der Waals surface area contributed by atoms with Gasteiger partial charge in [0.05, 0.1) is 6.61 Å². The van der Waals surface area contributed by atoms with E-state index in [4.69, 9.17) is 9.15 Å². The van der Waals surface area contributed by atoms with Crippen LogP contribution in [-0.2, 0) is 0 Å². The molecule has 16 heavy (non-hydrogen) atoms. The number of rotatable bonds is 9. The van der Waals surface area contributed by atoms with Crippen LogP contribution in [0, 0.1) is 0 Å². The zero-order valence-electron chi connectivity index (χ0n) is 9.91. The van der Waals surface area contributed by atoms with Crippen LogP contribution in [0.3, 0.4) is 0 Å². The maximum absolute atomic E-state index is 10.3. The Morgan fingerprint density at radius 3 is 2.62 bits per heavy atom. The smallest absolute Gasteiger partial charge is 0.284 e. The SMILES string of the molecule is CCCCCCCCOc1ccc(C=O)o1. The molecule has 0 aliphatic carbocycles. The van der Waals surface area contributed by atoms with Gasteiger partial charge in [-0.3, -0.25) is 4.79 Å². The van der Waals surface area contributed by atoms with Gasteiger partial charge in [-0.05, 0) is 12.5 Å². The quantitative estimate of drug-likeness (QED) is 0.472. The summed E-state index contributed by atoms with van der Waals surface area (Å²) in [6, 6.07) is 3.30. The first-order chi connectivity index (χ1) is 7.86. The molecule has 0 N–H and O–H groups in total. The molecule has 1 rings (SSSR count). The van der Waals surface area contributed by atoms with E-state index in [1.807, 2.05) is 0 Å². The third kappa shape index (κ3) is 5.01. The van der Waals surface area contributed by atoms with Crippen LogP contribution >= 0.6 is 0 Å². The maximum atomic E-state index is 10.3. The third-order valence-corrected chi connectivity index (χ3v) is 2.46. The summed E-state index contributed by atoms with van der Waals surface area (Å²) in [6.07, 6.45) is 8.10. The van der Waals surface area contributed by atoms with E-state index in [-0.39, 0.29) is 0 Å². The Kier molecular flexibility index (Phi) is 6.38. The van der Waals surface area contributed by atoms with E-state index in [2.05, 4.69) is 6.92 Å². The summed E-state index contributed by atoms with van der Waals surface area (Å²) in [6.45, 7) is 2.88. The van der Waals surface area contributed by atoms with Crippen molar-refractivity contribution in [2.75, 3.05) is 6.61 Å². The van der Waals surface area contributed by atoms with Gasteiger partial charge in [-0.1, -0.05) is 39.0 Å². The molecule has 0 spiro atoms. The van der Waals surface area contributed by atoms with Crippen molar-refractivity contribution in [3.63, 3.8) is 0 Å². The van der Waals surface area contributed by atoms with Gasteiger partial charge in [0, 0.05) is 6.07 Å². The molecular formula is C13H20O3. The van der Waals surface area contributed by atoms with Crippen LogP contribution in [-0.4, -0.2) is 12.9 Å². The van der Waals surface area contributed by atoms with Crippen molar-refractivity contribution in [3.05, 3.63) is 17.9 Å². The molecule has 0 amide bonds. The molecule has 90 valence electrons. The Morgan fingerprint density at radius 2 is 1.94 bits per heavy atom. The van der Waals surface area contributed by atoms with Crippen LogP contribution in [0.2, 0.25) is 0 Å². The number of carbonyl (C=O) groups excluding carboxylic acids is 1. The molecule has 0 aromatic carbocycles. The summed E-state index contributed by atoms with van der Waals surface area (Å²) >= 11 is 0. The number of ether oxygens (including phenoxy) is 1. The van der Waals surface area contributed by atoms with Gasteiger partial charge in [0.1, 0.15) is 0 Å². The fourth-order valence-electron chi connectivity index (χ4n) is 1.53. The topological polar surface area (TPSA) is 39.4 Å². The van der Waals surface area contributed by atoms with Crippen molar-refractivity contribution in [1.29, 1.82) is 0 Å². The van der Waals surface area contributed by atoms with Crippen LogP contribution in [0.4, 0.5) is 0 Å². The summed E-state index contributed by atoms with van der Waals surface area (Å²) in [5.74, 6) is 0.758. The highest BCUT2D eigenvalue weighted by Gasteiger charge is 2.00. The zero-order chi connectivity index (χ0) is 11.6. The van der Waals surface area contributed by atoms with Crippen LogP contribution < -0.4 is 4.74 Å². The van der Waals surface area contributed by atoms with E-state index in [9.17, 15) is 4.79 Å². The fraction of sp³-hybridized carbons (Fsp3) is 0.615. The normalized spacial score (nSPS) is 10.3. The highest BCUT2D eigenvalue weighted by molar-refractivity contribution is 5.70. The molecule has 0 fully saturated rings. The first-order valence-electron chi connectivity index (χ1n) is 6.04. The van der Waals surface area contributed by atoms with E-state index in [1.54, 1.807) is 12.1 Å². The second-order valence-electron chi connectivity index (χ2n) is 3.89. The van der Waals surface area contributed by atoms with Crippen molar-refractivity contribution in [3.8, 4) is 5.95 Å². The summed E-state index contributed by atoms with van der Waals surface area (Å²) in [4.78, 5) is 10.3. The lowest BCUT2D eigenvalue weighted by Gasteiger charge is -2.02. The predicted molar refractivity (Wildman–Crippen MR) is 63.0 cm³/mol. The number of unbranched alkanes of at least 4 members (excludes halogenated alkanes) is 5. The Hall–Kier alpha value is -1.25. The monoisotopic (exact) mass is 224 g/mol. The van der Waals surface area contributed by atoms with E-state index < -0.39 is 0 Å². The molecular weight excluding hydrogens is 204 g/mol. The van der Waals surface area contributed by atoms with Gasteiger partial charge in [0.25, 0.3) is 5.95 Å². The number of hydrogen-bond donors (Lipinski definition) is 0. The van der Waals surface area contributed by atoms with Crippen LogP contribution in [0.15, 0.2) is 16.5 Å². The van der Waals surface area contributed by atoms with E-state index in [0.29, 0.717) is 24.6 Å². The second-order valence-corrected chi connectivity index (χ2v) is 3.89. The minimum absolute atomic E-state index is 0.318. The highest BCUT2D eigenvalue weighted by Crippen LogP contribution is 2.15. The maximum Gasteiger partial charge on any atom is 0.284 e. The molecule has 1 aromatic heterocycles. The molecule has 0 radical (unpaired) electrons. The molecule has 1 heterocycles. The molecule has 0 bridgehead atoms. The molecule has 0 aliphatic rings. The van der Waals surface area contributed by atoms with E-state index in [1.165, 1.54) is 32.1 Å². The summed E-state index contributed by atoms with van der Waals surface area (Å²) in [5.41, 5.74) is 0. The molecule has 0 saturated heterocycles. The molecule has 1 aromatic rings. The summed E-state index contributed by atoms with van der Waals surface area (Å²) in [5, 5.41) is 0. The first kappa shape index (κ1) is 12.8. The molecule has 0 atom stereocenters. The molecule has 3 heteroatoms. The number of furan rings is 1. The lowest BCUT2D eigenvalue weighted by atomic mass is 10.1. The first-order valence-corrected chi connectivity index (χ1v) is 6.04. The Morgan fingerprint density at radius 1 is 1.19 bits per heavy atom. The highest BCUT2D eigenvalue weighted by atomic mass is 16.6. The summed E-state index contributed by atoms with van der Waals surface area (Å²) < 4.78 is 10.5. The van der Waals surface area contributed by atoms with Crippen LogP contribution in [0.5, 0.6) is 5.95 Å². The lowest BCUT2D eigenvalue weighted by molar-refractivity contribution is 0.109. The van der Waals surface area contributed by atoms with E-state index >= 15 is 0 Å². The largest absolute Gasteiger partial charge is 0.465 e. The summed E-state index contributed by atoms with van der Waals surface area (Å²) in [7, 11) is 0. The fourth-order valence-corrected chi connectivity index (χ4v) is 1.53. The van der Waals surface area contributed by atoms with Crippen LogP contribution in [0.25, 0.3) is 0 Å². The van der Waals surface area contributed by atoms with Gasteiger partial charge in [-0.2, -0.15) is 0 Å². The minimum atomic E-state index is 0.318. The van der Waals surface area contributed by atoms with Crippen LogP contribution in [0.1, 0.15) is 56.0 Å². The minimum Gasteiger partial charge on any atom is -0.465 e. The zero-order valence-corrected chi connectivity index (χ0v) is 9.91. The Bertz CT molecular complexity index is 291. The van der Waals surface area contributed by atoms with Gasteiger partial charge < -0.3 is 9.15 Å². The molecule has 0 unspecified atom stereocenters. The van der Waals surface area contributed by atoms with Crippen molar-refractivity contribution in [1.82, 2.24) is 0 Å². The van der Waals surface area contributed by atoms with Crippen molar-refractivity contribution >= 4 is 6.29 Å². The average Bonchev–Trinajstić information content (AvgIpc) is 2.76. The molecule has 0 saturated carbocycles. The number of hydrogen-bond acceptors (Lipinski definition) is 3. The van der Waals surface area contributed by atoms with Gasteiger partial charge in [-0.15, -0.1) is 0 Å².